The van der Waals surface area contributed by atoms with Crippen LogP contribution in [0.5, 0.6) is 0 Å². The molecule has 11 heteroatoms. The second kappa shape index (κ2) is 8.44. The molecule has 2 aromatic rings. The molecule has 0 aliphatic rings. The van der Waals surface area contributed by atoms with E-state index in [1.54, 1.807) is 19.9 Å². The van der Waals surface area contributed by atoms with Gasteiger partial charge in [-0.05, 0) is 37.1 Å². The minimum Gasteiger partial charge on any atom is -0.452 e. The van der Waals surface area contributed by atoms with Gasteiger partial charge in [0.2, 0.25) is 0 Å². The summed E-state index contributed by atoms with van der Waals surface area (Å²) >= 11 is 5.74. The maximum Gasteiger partial charge on any atom is 0.345 e. The SMILES string of the molecule is Cc1ccc([N+](=O)[O-])c(NC(=O)COC(=O)c2cc(Cl)ccc2[N+](=O)[O-])c1C. The minimum atomic E-state index is -1.13. The summed E-state index contributed by atoms with van der Waals surface area (Å²) in [5, 5.41) is 24.6. The highest BCUT2D eigenvalue weighted by Crippen LogP contribution is 2.30. The van der Waals surface area contributed by atoms with Gasteiger partial charge in [0.05, 0.1) is 9.85 Å². The Hall–Kier alpha value is -3.53. The normalized spacial score (nSPS) is 10.2. The summed E-state index contributed by atoms with van der Waals surface area (Å²) < 4.78 is 4.79. The number of carbonyl (C=O) groups excluding carboxylic acids is 2. The second-order valence-electron chi connectivity index (χ2n) is 5.70. The number of nitrogens with one attached hydrogen (secondary N) is 1. The van der Waals surface area contributed by atoms with E-state index in [9.17, 15) is 29.8 Å². The van der Waals surface area contributed by atoms with Crippen molar-refractivity contribution < 1.29 is 24.2 Å². The van der Waals surface area contributed by atoms with Crippen molar-refractivity contribution in [2.45, 2.75) is 13.8 Å². The van der Waals surface area contributed by atoms with E-state index in [4.69, 9.17) is 16.3 Å². The van der Waals surface area contributed by atoms with E-state index in [0.29, 0.717) is 11.1 Å². The van der Waals surface area contributed by atoms with Crippen molar-refractivity contribution >= 4 is 40.5 Å². The Labute approximate surface area is 163 Å². The number of ether oxygens (including phenoxy) is 1. The largest absolute Gasteiger partial charge is 0.452 e. The number of halogens is 1. The zero-order valence-electron chi connectivity index (χ0n) is 14.7. The third kappa shape index (κ3) is 4.60. The lowest BCUT2D eigenvalue weighted by Crippen LogP contribution is -2.22. The fourth-order valence-electron chi connectivity index (χ4n) is 2.33. The molecule has 0 atom stereocenters. The molecule has 0 saturated carbocycles. The molecule has 0 unspecified atom stereocenters. The zero-order chi connectivity index (χ0) is 21.0. The van der Waals surface area contributed by atoms with Crippen LogP contribution in [0.25, 0.3) is 0 Å². The van der Waals surface area contributed by atoms with Gasteiger partial charge in [-0.1, -0.05) is 17.7 Å². The van der Waals surface area contributed by atoms with Crippen LogP contribution in [0, 0.1) is 34.1 Å². The maximum atomic E-state index is 12.1. The summed E-state index contributed by atoms with van der Waals surface area (Å²) in [6.45, 7) is 2.51. The number of aryl methyl sites for hydroxylation is 1. The van der Waals surface area contributed by atoms with Gasteiger partial charge in [-0.25, -0.2) is 4.79 Å². The number of rotatable bonds is 6. The highest BCUT2D eigenvalue weighted by atomic mass is 35.5. The van der Waals surface area contributed by atoms with Gasteiger partial charge in [-0.2, -0.15) is 0 Å². The number of esters is 1. The fraction of sp³-hybridized carbons (Fsp3) is 0.176. The van der Waals surface area contributed by atoms with Crippen LogP contribution >= 0.6 is 11.6 Å². The summed E-state index contributed by atoms with van der Waals surface area (Å²) in [4.78, 5) is 44.9. The molecule has 2 rings (SSSR count). The van der Waals surface area contributed by atoms with Crippen LogP contribution in [0.4, 0.5) is 17.1 Å². The van der Waals surface area contributed by atoms with Gasteiger partial charge in [0.15, 0.2) is 6.61 Å². The number of nitrogens with zero attached hydrogens (tertiary/aromatic N) is 2. The van der Waals surface area contributed by atoms with Crippen LogP contribution in [0.15, 0.2) is 30.3 Å². The highest BCUT2D eigenvalue weighted by Gasteiger charge is 2.24. The Balaban J connectivity index is 2.15. The van der Waals surface area contributed by atoms with E-state index in [1.807, 2.05) is 0 Å². The molecule has 1 amide bonds. The first kappa shape index (κ1) is 20.8. The number of nitro groups is 2. The molecule has 0 aromatic heterocycles. The van der Waals surface area contributed by atoms with Gasteiger partial charge < -0.3 is 10.1 Å². The molecule has 0 aliphatic carbocycles. The van der Waals surface area contributed by atoms with Crippen molar-refractivity contribution in [3.8, 4) is 0 Å². The molecule has 1 N–H and O–H groups in total. The number of anilines is 1. The molecule has 2 aromatic carbocycles. The topological polar surface area (TPSA) is 142 Å². The van der Waals surface area contributed by atoms with Gasteiger partial charge in [0.25, 0.3) is 17.3 Å². The maximum absolute atomic E-state index is 12.1. The number of hydrogen-bond acceptors (Lipinski definition) is 7. The third-order valence-electron chi connectivity index (χ3n) is 3.88. The molecule has 0 fully saturated rings. The van der Waals surface area contributed by atoms with Gasteiger partial charge >= 0.3 is 5.97 Å². The molecule has 0 bridgehead atoms. The van der Waals surface area contributed by atoms with Crippen LogP contribution in [0.2, 0.25) is 5.02 Å². The zero-order valence-corrected chi connectivity index (χ0v) is 15.5. The highest BCUT2D eigenvalue weighted by molar-refractivity contribution is 6.31. The molecule has 0 spiro atoms. The molecule has 0 aliphatic heterocycles. The molecule has 0 saturated heterocycles. The van der Waals surface area contributed by atoms with Crippen LogP contribution in [0.3, 0.4) is 0 Å². The number of carbonyl (C=O) groups is 2. The number of benzene rings is 2. The summed E-state index contributed by atoms with van der Waals surface area (Å²) in [6.07, 6.45) is 0. The van der Waals surface area contributed by atoms with E-state index >= 15 is 0 Å². The van der Waals surface area contributed by atoms with Crippen LogP contribution in [-0.4, -0.2) is 28.3 Å². The second-order valence-corrected chi connectivity index (χ2v) is 6.14. The van der Waals surface area contributed by atoms with Gasteiger partial charge in [-0.3, -0.25) is 25.0 Å². The first-order valence-corrected chi connectivity index (χ1v) is 8.15. The predicted molar refractivity (Wildman–Crippen MR) is 99.6 cm³/mol. The Morgan fingerprint density at radius 3 is 2.29 bits per heavy atom. The van der Waals surface area contributed by atoms with Crippen molar-refractivity contribution in [2.75, 3.05) is 11.9 Å². The fourth-order valence-corrected chi connectivity index (χ4v) is 2.50. The lowest BCUT2D eigenvalue weighted by atomic mass is 10.1. The van der Waals surface area contributed by atoms with Crippen molar-refractivity contribution in [2.24, 2.45) is 0 Å². The van der Waals surface area contributed by atoms with Crippen LogP contribution in [-0.2, 0) is 9.53 Å². The Morgan fingerprint density at radius 2 is 1.68 bits per heavy atom. The van der Waals surface area contributed by atoms with Crippen molar-refractivity contribution in [1.29, 1.82) is 0 Å². The molecule has 146 valence electrons. The van der Waals surface area contributed by atoms with Crippen molar-refractivity contribution in [1.82, 2.24) is 0 Å². The van der Waals surface area contributed by atoms with Gasteiger partial charge in [0.1, 0.15) is 11.3 Å². The molecular weight excluding hydrogens is 394 g/mol. The molecular formula is C17H14ClN3O7. The van der Waals surface area contributed by atoms with Crippen LogP contribution < -0.4 is 5.32 Å². The number of nitro benzene ring substituents is 2. The molecule has 0 radical (unpaired) electrons. The molecule has 0 heterocycles. The van der Waals surface area contributed by atoms with Crippen LogP contribution in [0.1, 0.15) is 21.5 Å². The Morgan fingerprint density at radius 1 is 1.07 bits per heavy atom. The summed E-state index contributed by atoms with van der Waals surface area (Å²) in [5.74, 6) is -1.96. The summed E-state index contributed by atoms with van der Waals surface area (Å²) in [5.41, 5.74) is -0.0668. The lowest BCUT2D eigenvalue weighted by Gasteiger charge is -2.11. The van der Waals surface area contributed by atoms with Gasteiger partial charge in [-0.15, -0.1) is 0 Å². The first-order valence-electron chi connectivity index (χ1n) is 7.77. The van der Waals surface area contributed by atoms with Crippen molar-refractivity contribution in [3.63, 3.8) is 0 Å². The van der Waals surface area contributed by atoms with Crippen molar-refractivity contribution in [3.05, 3.63) is 72.3 Å². The number of hydrogen-bond donors (Lipinski definition) is 1. The van der Waals surface area contributed by atoms with E-state index < -0.39 is 39.6 Å². The number of amides is 1. The smallest absolute Gasteiger partial charge is 0.345 e. The minimum absolute atomic E-state index is 0.0141. The van der Waals surface area contributed by atoms with E-state index in [0.717, 1.165) is 12.1 Å². The molecule has 28 heavy (non-hydrogen) atoms. The quantitative estimate of drug-likeness (QED) is 0.438. The van der Waals surface area contributed by atoms with E-state index in [-0.39, 0.29) is 16.4 Å². The van der Waals surface area contributed by atoms with Gasteiger partial charge in [0, 0.05) is 17.2 Å². The van der Waals surface area contributed by atoms with E-state index in [2.05, 4.69) is 5.32 Å². The molecule has 10 nitrogen and oxygen atoms in total. The van der Waals surface area contributed by atoms with E-state index in [1.165, 1.54) is 12.1 Å². The monoisotopic (exact) mass is 407 g/mol. The first-order chi connectivity index (χ1) is 13.1. The Kier molecular flexibility index (Phi) is 6.26. The lowest BCUT2D eigenvalue weighted by molar-refractivity contribution is -0.385. The average Bonchev–Trinajstić information content (AvgIpc) is 2.63. The Bertz CT molecular complexity index is 991. The average molecular weight is 408 g/mol. The summed E-state index contributed by atoms with van der Waals surface area (Å²) in [6, 6.07) is 6.12. The third-order valence-corrected chi connectivity index (χ3v) is 4.12. The standard InChI is InChI=1S/C17H14ClN3O7/c1-9-3-5-14(21(26)27)16(10(9)2)19-15(22)8-28-17(23)12-7-11(18)4-6-13(12)20(24)25/h3-7H,8H2,1-2H3,(H,19,22). The predicted octanol–water partition coefficient (Wildman–Crippen LogP) is 3.57. The summed E-state index contributed by atoms with van der Waals surface area (Å²) in [7, 11) is 0.